The zero-order chi connectivity index (χ0) is 14.1. The zero-order valence-electron chi connectivity index (χ0n) is 11.8. The first kappa shape index (κ1) is 13.8. The third-order valence-electron chi connectivity index (χ3n) is 4.56. The van der Waals surface area contributed by atoms with E-state index in [1.54, 1.807) is 0 Å². The molecule has 2 fully saturated rings. The summed E-state index contributed by atoms with van der Waals surface area (Å²) in [6.45, 7) is 4.91. The van der Waals surface area contributed by atoms with Gasteiger partial charge in [0.1, 0.15) is 0 Å². The summed E-state index contributed by atoms with van der Waals surface area (Å²) in [6.07, 6.45) is 4.40. The van der Waals surface area contributed by atoms with Crippen molar-refractivity contribution in [3.05, 3.63) is 36.4 Å². The van der Waals surface area contributed by atoms with E-state index in [2.05, 4.69) is 29.3 Å². The number of fused-ring (bicyclic) bond motifs is 2. The summed E-state index contributed by atoms with van der Waals surface area (Å²) in [6, 6.07) is 7.22. The number of piperidine rings is 1. The highest BCUT2D eigenvalue weighted by atomic mass is 32.2. The summed E-state index contributed by atoms with van der Waals surface area (Å²) < 4.78 is 0. The van der Waals surface area contributed by atoms with Crippen molar-refractivity contribution in [3.63, 3.8) is 0 Å². The molecule has 2 bridgehead atoms. The fraction of sp³-hybridized carbons (Fsp3) is 0.500. The van der Waals surface area contributed by atoms with Gasteiger partial charge in [0.2, 0.25) is 0 Å². The highest BCUT2D eigenvalue weighted by molar-refractivity contribution is 7.99. The van der Waals surface area contributed by atoms with Crippen LogP contribution in [0.4, 0.5) is 11.4 Å². The molecule has 2 aliphatic heterocycles. The number of nitrogen functional groups attached to an aromatic ring is 2. The van der Waals surface area contributed by atoms with Crippen LogP contribution >= 0.6 is 11.8 Å². The van der Waals surface area contributed by atoms with Crippen LogP contribution in [0.25, 0.3) is 0 Å². The van der Waals surface area contributed by atoms with Crippen LogP contribution in [0, 0.1) is 0 Å². The molecule has 2 heterocycles. The van der Waals surface area contributed by atoms with Gasteiger partial charge in [-0.3, -0.25) is 4.90 Å². The van der Waals surface area contributed by atoms with E-state index in [1.165, 1.54) is 29.9 Å². The normalized spacial score (nSPS) is 30.1. The first-order valence-electron chi connectivity index (χ1n) is 7.28. The monoisotopic (exact) mass is 289 g/mol. The number of benzene rings is 1. The Hall–Kier alpha value is -1.13. The average Bonchev–Trinajstić information content (AvgIpc) is 2.41. The van der Waals surface area contributed by atoms with Crippen LogP contribution in [0.1, 0.15) is 24.3 Å². The third kappa shape index (κ3) is 2.54. The number of thioether (sulfide) groups is 1. The number of hydrogen-bond donors (Lipinski definition) is 2. The molecule has 2 saturated heterocycles. The standard InChI is InChI=1S/C16H23N3S/c1-2-5-19-13-6-11(7-14(19)10-20-9-13)15-8-12(17)3-4-16(15)18/h2-4,8,11,13-14H,1,5-7,9-10,17-18H2. The van der Waals surface area contributed by atoms with Gasteiger partial charge in [0.05, 0.1) is 0 Å². The van der Waals surface area contributed by atoms with Crippen LogP contribution in [-0.4, -0.2) is 35.0 Å². The molecule has 3 nitrogen and oxygen atoms in total. The summed E-state index contributed by atoms with van der Waals surface area (Å²) in [4.78, 5) is 2.63. The zero-order valence-corrected chi connectivity index (χ0v) is 12.6. The van der Waals surface area contributed by atoms with Crippen LogP contribution in [0.15, 0.2) is 30.9 Å². The molecule has 0 saturated carbocycles. The molecule has 2 aliphatic rings. The van der Waals surface area contributed by atoms with Crippen molar-refractivity contribution in [1.82, 2.24) is 4.90 Å². The van der Waals surface area contributed by atoms with E-state index >= 15 is 0 Å². The Morgan fingerprint density at radius 3 is 2.60 bits per heavy atom. The molecule has 2 unspecified atom stereocenters. The lowest BCUT2D eigenvalue weighted by atomic mass is 9.81. The Balaban J connectivity index is 1.84. The van der Waals surface area contributed by atoms with Crippen molar-refractivity contribution in [1.29, 1.82) is 0 Å². The maximum atomic E-state index is 6.17. The van der Waals surface area contributed by atoms with Gasteiger partial charge in [0, 0.05) is 41.5 Å². The Labute approximate surface area is 125 Å². The lowest BCUT2D eigenvalue weighted by Gasteiger charge is -2.48. The van der Waals surface area contributed by atoms with Crippen LogP contribution in [0.2, 0.25) is 0 Å². The van der Waals surface area contributed by atoms with Gasteiger partial charge in [-0.1, -0.05) is 6.08 Å². The van der Waals surface area contributed by atoms with Gasteiger partial charge < -0.3 is 11.5 Å². The topological polar surface area (TPSA) is 55.3 Å². The minimum atomic E-state index is 0.551. The molecule has 108 valence electrons. The van der Waals surface area contributed by atoms with Crippen LogP contribution in [0.3, 0.4) is 0 Å². The SMILES string of the molecule is C=CCN1C2CSCC1CC(c1cc(N)ccc1N)C2. The Morgan fingerprint density at radius 1 is 1.25 bits per heavy atom. The number of rotatable bonds is 3. The molecule has 3 rings (SSSR count). The van der Waals surface area contributed by atoms with E-state index < -0.39 is 0 Å². The molecule has 0 spiro atoms. The molecule has 2 atom stereocenters. The quantitative estimate of drug-likeness (QED) is 0.663. The molecule has 0 radical (unpaired) electrons. The summed E-state index contributed by atoms with van der Waals surface area (Å²) in [7, 11) is 0. The molecular formula is C16H23N3S. The second-order valence-electron chi connectivity index (χ2n) is 5.89. The molecule has 20 heavy (non-hydrogen) atoms. The van der Waals surface area contributed by atoms with Gasteiger partial charge in [-0.15, -0.1) is 6.58 Å². The molecule has 4 N–H and O–H groups in total. The van der Waals surface area contributed by atoms with Gasteiger partial charge >= 0.3 is 0 Å². The smallest absolute Gasteiger partial charge is 0.0350 e. The van der Waals surface area contributed by atoms with Gasteiger partial charge in [0.25, 0.3) is 0 Å². The Kier molecular flexibility index (Phi) is 3.94. The molecule has 4 heteroatoms. The lowest BCUT2D eigenvalue weighted by molar-refractivity contribution is 0.104. The first-order chi connectivity index (χ1) is 9.69. The van der Waals surface area contributed by atoms with E-state index in [4.69, 9.17) is 11.5 Å². The van der Waals surface area contributed by atoms with Gasteiger partial charge in [0.15, 0.2) is 0 Å². The summed E-state index contributed by atoms with van der Waals surface area (Å²) in [5.41, 5.74) is 15.1. The minimum absolute atomic E-state index is 0.551. The third-order valence-corrected chi connectivity index (χ3v) is 5.80. The number of anilines is 2. The van der Waals surface area contributed by atoms with Gasteiger partial charge in [-0.2, -0.15) is 11.8 Å². The van der Waals surface area contributed by atoms with Gasteiger partial charge in [-0.05, 0) is 42.5 Å². The predicted octanol–water partition coefficient (Wildman–Crippen LogP) is 2.70. The highest BCUT2D eigenvalue weighted by Gasteiger charge is 2.38. The van der Waals surface area contributed by atoms with Crippen LogP contribution in [0.5, 0.6) is 0 Å². The maximum absolute atomic E-state index is 6.17. The van der Waals surface area contributed by atoms with Crippen molar-refractivity contribution in [2.75, 3.05) is 29.5 Å². The molecular weight excluding hydrogens is 266 g/mol. The molecule has 0 amide bonds. The second-order valence-corrected chi connectivity index (χ2v) is 6.96. The van der Waals surface area contributed by atoms with Crippen LogP contribution in [-0.2, 0) is 0 Å². The van der Waals surface area contributed by atoms with E-state index in [9.17, 15) is 0 Å². The van der Waals surface area contributed by atoms with E-state index in [0.717, 1.165) is 17.9 Å². The fourth-order valence-electron chi connectivity index (χ4n) is 3.64. The molecule has 1 aromatic carbocycles. The molecule has 0 aromatic heterocycles. The fourth-order valence-corrected chi connectivity index (χ4v) is 4.97. The van der Waals surface area contributed by atoms with E-state index in [0.29, 0.717) is 18.0 Å². The van der Waals surface area contributed by atoms with Crippen molar-refractivity contribution in [2.24, 2.45) is 0 Å². The van der Waals surface area contributed by atoms with Crippen molar-refractivity contribution in [3.8, 4) is 0 Å². The van der Waals surface area contributed by atoms with Gasteiger partial charge in [-0.25, -0.2) is 0 Å². The molecule has 0 aliphatic carbocycles. The number of nitrogens with zero attached hydrogens (tertiary/aromatic N) is 1. The van der Waals surface area contributed by atoms with E-state index in [1.807, 2.05) is 18.2 Å². The Morgan fingerprint density at radius 2 is 1.95 bits per heavy atom. The lowest BCUT2D eigenvalue weighted by Crippen LogP contribution is -2.53. The summed E-state index contributed by atoms with van der Waals surface area (Å²) in [5.74, 6) is 3.00. The minimum Gasteiger partial charge on any atom is -0.399 e. The number of hydrogen-bond acceptors (Lipinski definition) is 4. The van der Waals surface area contributed by atoms with Crippen molar-refractivity contribution in [2.45, 2.75) is 30.8 Å². The van der Waals surface area contributed by atoms with Crippen LogP contribution < -0.4 is 11.5 Å². The largest absolute Gasteiger partial charge is 0.399 e. The molecule has 1 aromatic rings. The highest BCUT2D eigenvalue weighted by Crippen LogP contribution is 2.42. The second kappa shape index (κ2) is 5.70. The van der Waals surface area contributed by atoms with E-state index in [-0.39, 0.29) is 0 Å². The van der Waals surface area contributed by atoms with Crippen molar-refractivity contribution >= 4 is 23.1 Å². The van der Waals surface area contributed by atoms with Crippen molar-refractivity contribution < 1.29 is 0 Å². The number of nitrogens with two attached hydrogens (primary N) is 2. The average molecular weight is 289 g/mol. The first-order valence-corrected chi connectivity index (χ1v) is 8.43. The Bertz CT molecular complexity index is 488. The summed E-state index contributed by atoms with van der Waals surface area (Å²) >= 11 is 2.09. The predicted molar refractivity (Wildman–Crippen MR) is 89.0 cm³/mol. The maximum Gasteiger partial charge on any atom is 0.0350 e. The summed E-state index contributed by atoms with van der Waals surface area (Å²) in [5, 5.41) is 0.